The summed E-state index contributed by atoms with van der Waals surface area (Å²) in [5.41, 5.74) is 0.854. The van der Waals surface area contributed by atoms with E-state index < -0.39 is 5.97 Å². The zero-order valence-corrected chi connectivity index (χ0v) is 13.3. The molecule has 2 N–H and O–H groups in total. The van der Waals surface area contributed by atoms with Crippen LogP contribution in [0.3, 0.4) is 0 Å². The minimum Gasteiger partial charge on any atom is -0.478 e. The molecule has 0 radical (unpaired) electrons. The number of nitrogens with zero attached hydrogens (tertiary/aromatic N) is 1. The smallest absolute Gasteiger partial charge is 0.335 e. The number of rotatable bonds is 6. The van der Waals surface area contributed by atoms with Crippen molar-refractivity contribution in [1.82, 2.24) is 10.2 Å². The molecule has 1 aromatic carbocycles. The molecule has 0 atom stereocenters. The molecule has 0 saturated carbocycles. The van der Waals surface area contributed by atoms with E-state index in [1.165, 1.54) is 28.4 Å². The molecule has 1 aromatic heterocycles. The van der Waals surface area contributed by atoms with Crippen LogP contribution in [0.25, 0.3) is 0 Å². The van der Waals surface area contributed by atoms with Crippen molar-refractivity contribution in [2.75, 3.05) is 13.6 Å². The zero-order chi connectivity index (χ0) is 16.8. The quantitative estimate of drug-likeness (QED) is 0.845. The third-order valence-corrected chi connectivity index (χ3v) is 3.98. The fourth-order valence-corrected chi connectivity index (χ4v) is 2.66. The maximum Gasteiger partial charge on any atom is 0.335 e. The standard InChI is InChI=1S/C16H16N2O4S/c1-18(15(20)13-6-3-7-23-13)10-14(19)17-9-11-4-2-5-12(8-11)16(21)22/h2-8H,9-10H2,1H3,(H,17,19)(H,21,22). The van der Waals surface area contributed by atoms with Crippen molar-refractivity contribution in [3.8, 4) is 0 Å². The van der Waals surface area contributed by atoms with Crippen LogP contribution in [0.2, 0.25) is 0 Å². The average molecular weight is 332 g/mol. The Hall–Kier alpha value is -2.67. The van der Waals surface area contributed by atoms with Gasteiger partial charge in [0, 0.05) is 13.6 Å². The molecular formula is C16H16N2O4S. The molecule has 6 nitrogen and oxygen atoms in total. The Morgan fingerprint density at radius 2 is 2.00 bits per heavy atom. The van der Waals surface area contributed by atoms with Crippen molar-refractivity contribution in [1.29, 1.82) is 0 Å². The molecule has 2 rings (SSSR count). The van der Waals surface area contributed by atoms with Gasteiger partial charge in [0.25, 0.3) is 5.91 Å². The van der Waals surface area contributed by atoms with Crippen molar-refractivity contribution < 1.29 is 19.5 Å². The Balaban J connectivity index is 1.86. The summed E-state index contributed by atoms with van der Waals surface area (Å²) in [5.74, 6) is -1.53. The number of hydrogen-bond acceptors (Lipinski definition) is 4. The molecule has 0 aliphatic carbocycles. The van der Waals surface area contributed by atoms with E-state index in [9.17, 15) is 14.4 Å². The molecule has 7 heteroatoms. The van der Waals surface area contributed by atoms with E-state index in [0.29, 0.717) is 10.4 Å². The molecule has 120 valence electrons. The highest BCUT2D eigenvalue weighted by atomic mass is 32.1. The summed E-state index contributed by atoms with van der Waals surface area (Å²) in [5, 5.41) is 13.4. The molecule has 0 spiro atoms. The lowest BCUT2D eigenvalue weighted by molar-refractivity contribution is -0.121. The lowest BCUT2D eigenvalue weighted by Gasteiger charge is -2.16. The van der Waals surface area contributed by atoms with Gasteiger partial charge >= 0.3 is 5.97 Å². The maximum absolute atomic E-state index is 12.0. The van der Waals surface area contributed by atoms with Crippen molar-refractivity contribution in [3.05, 3.63) is 57.8 Å². The lowest BCUT2D eigenvalue weighted by atomic mass is 10.1. The van der Waals surface area contributed by atoms with E-state index in [0.717, 1.165) is 0 Å². The number of carbonyl (C=O) groups is 3. The van der Waals surface area contributed by atoms with Crippen LogP contribution in [-0.2, 0) is 11.3 Å². The second-order valence-electron chi connectivity index (χ2n) is 4.92. The van der Waals surface area contributed by atoms with Crippen molar-refractivity contribution >= 4 is 29.1 Å². The third-order valence-electron chi connectivity index (χ3n) is 3.12. The van der Waals surface area contributed by atoms with E-state index in [-0.39, 0.29) is 30.5 Å². The predicted molar refractivity (Wildman–Crippen MR) is 86.5 cm³/mol. The van der Waals surface area contributed by atoms with Crippen LogP contribution >= 0.6 is 11.3 Å². The SMILES string of the molecule is CN(CC(=O)NCc1cccc(C(=O)O)c1)C(=O)c1cccs1. The summed E-state index contributed by atoms with van der Waals surface area (Å²) in [6.07, 6.45) is 0. The first-order valence-corrected chi connectivity index (χ1v) is 7.73. The largest absolute Gasteiger partial charge is 0.478 e. The molecule has 2 aromatic rings. The van der Waals surface area contributed by atoms with Crippen LogP contribution in [0.15, 0.2) is 41.8 Å². The molecule has 0 bridgehead atoms. The number of carboxylic acid groups (broad SMARTS) is 1. The monoisotopic (exact) mass is 332 g/mol. The van der Waals surface area contributed by atoms with Crippen LogP contribution in [0.5, 0.6) is 0 Å². The molecule has 0 fully saturated rings. The number of carboxylic acids is 1. The summed E-state index contributed by atoms with van der Waals surface area (Å²) < 4.78 is 0. The molecule has 0 aliphatic rings. The molecule has 0 unspecified atom stereocenters. The van der Waals surface area contributed by atoms with Gasteiger partial charge in [0.05, 0.1) is 17.0 Å². The Morgan fingerprint density at radius 3 is 2.65 bits per heavy atom. The van der Waals surface area contributed by atoms with Gasteiger partial charge in [0.1, 0.15) is 0 Å². The maximum atomic E-state index is 12.0. The number of thiophene rings is 1. The summed E-state index contributed by atoms with van der Waals surface area (Å²) in [6, 6.07) is 9.83. The summed E-state index contributed by atoms with van der Waals surface area (Å²) >= 11 is 1.32. The molecule has 1 heterocycles. The summed E-state index contributed by atoms with van der Waals surface area (Å²) in [7, 11) is 1.56. The highest BCUT2D eigenvalue weighted by molar-refractivity contribution is 7.12. The molecule has 2 amide bonds. The first-order chi connectivity index (χ1) is 11.0. The minimum absolute atomic E-state index is 0.0602. The Morgan fingerprint density at radius 1 is 1.22 bits per heavy atom. The number of likely N-dealkylation sites (N-methyl/N-ethyl adjacent to an activating group) is 1. The van der Waals surface area contributed by atoms with Crippen molar-refractivity contribution in [2.45, 2.75) is 6.54 Å². The van der Waals surface area contributed by atoms with Crippen LogP contribution in [0, 0.1) is 0 Å². The van der Waals surface area contributed by atoms with Gasteiger partial charge in [-0.1, -0.05) is 18.2 Å². The van der Waals surface area contributed by atoms with Gasteiger partial charge in [0.15, 0.2) is 0 Å². The Kier molecular flexibility index (Phi) is 5.48. The lowest BCUT2D eigenvalue weighted by Crippen LogP contribution is -2.37. The van der Waals surface area contributed by atoms with E-state index in [4.69, 9.17) is 5.11 Å². The van der Waals surface area contributed by atoms with E-state index >= 15 is 0 Å². The number of benzene rings is 1. The fourth-order valence-electron chi connectivity index (χ4n) is 1.95. The van der Waals surface area contributed by atoms with Crippen LogP contribution in [0.1, 0.15) is 25.6 Å². The number of nitrogens with one attached hydrogen (secondary N) is 1. The van der Waals surface area contributed by atoms with Gasteiger partial charge in [-0.3, -0.25) is 9.59 Å². The average Bonchev–Trinajstić information content (AvgIpc) is 3.06. The van der Waals surface area contributed by atoms with Crippen LogP contribution in [-0.4, -0.2) is 41.4 Å². The second-order valence-corrected chi connectivity index (χ2v) is 5.87. The van der Waals surface area contributed by atoms with Crippen LogP contribution < -0.4 is 5.32 Å². The number of aromatic carboxylic acids is 1. The fraction of sp³-hybridized carbons (Fsp3) is 0.188. The summed E-state index contributed by atoms with van der Waals surface area (Å²) in [4.78, 5) is 36.7. The predicted octanol–water partition coefficient (Wildman–Crippen LogP) is 1.83. The van der Waals surface area contributed by atoms with Gasteiger partial charge in [0.2, 0.25) is 5.91 Å². The van der Waals surface area contributed by atoms with Gasteiger partial charge in [-0.2, -0.15) is 0 Å². The number of hydrogen-bond donors (Lipinski definition) is 2. The Bertz CT molecular complexity index is 713. The third kappa shape index (κ3) is 4.65. The number of amides is 2. The molecular weight excluding hydrogens is 316 g/mol. The normalized spacial score (nSPS) is 10.1. The Labute approximate surface area is 137 Å². The summed E-state index contributed by atoms with van der Waals surface area (Å²) in [6.45, 7) is 0.149. The van der Waals surface area contributed by atoms with Crippen molar-refractivity contribution in [3.63, 3.8) is 0 Å². The van der Waals surface area contributed by atoms with E-state index in [1.807, 2.05) is 0 Å². The zero-order valence-electron chi connectivity index (χ0n) is 12.5. The van der Waals surface area contributed by atoms with E-state index in [1.54, 1.807) is 36.7 Å². The van der Waals surface area contributed by atoms with Gasteiger partial charge in [-0.25, -0.2) is 4.79 Å². The first kappa shape index (κ1) is 16.7. The van der Waals surface area contributed by atoms with E-state index in [2.05, 4.69) is 5.32 Å². The highest BCUT2D eigenvalue weighted by Crippen LogP contribution is 2.11. The number of carbonyl (C=O) groups excluding carboxylic acids is 2. The van der Waals surface area contributed by atoms with Crippen LogP contribution in [0.4, 0.5) is 0 Å². The van der Waals surface area contributed by atoms with Crippen molar-refractivity contribution in [2.24, 2.45) is 0 Å². The first-order valence-electron chi connectivity index (χ1n) is 6.85. The second kappa shape index (κ2) is 7.55. The topological polar surface area (TPSA) is 86.7 Å². The molecule has 0 saturated heterocycles. The highest BCUT2D eigenvalue weighted by Gasteiger charge is 2.15. The molecule has 23 heavy (non-hydrogen) atoms. The van der Waals surface area contributed by atoms with Gasteiger partial charge in [-0.05, 0) is 29.1 Å². The van der Waals surface area contributed by atoms with Gasteiger partial charge in [-0.15, -0.1) is 11.3 Å². The minimum atomic E-state index is -1.01. The molecule has 0 aliphatic heterocycles. The van der Waals surface area contributed by atoms with Gasteiger partial charge < -0.3 is 15.3 Å².